The van der Waals surface area contributed by atoms with E-state index < -0.39 is 10.0 Å². The van der Waals surface area contributed by atoms with E-state index in [1.165, 1.54) is 23.5 Å². The zero-order valence-electron chi connectivity index (χ0n) is 18.5. The first-order valence-electron chi connectivity index (χ1n) is 10.3. The molecular weight excluding hydrogens is 416 g/mol. The number of methoxy groups -OCH3 is 2. The molecule has 1 fully saturated rings. The topological polar surface area (TPSA) is 76.2 Å². The van der Waals surface area contributed by atoms with Gasteiger partial charge in [0.25, 0.3) is 5.91 Å². The van der Waals surface area contributed by atoms with Gasteiger partial charge < -0.3 is 14.4 Å². The molecule has 0 aromatic heterocycles. The number of carbonyl (C=O) groups is 1. The minimum absolute atomic E-state index is 0.115. The van der Waals surface area contributed by atoms with Gasteiger partial charge in [0.05, 0.1) is 24.7 Å². The molecule has 1 aliphatic rings. The molecule has 2 aromatic rings. The Morgan fingerprint density at radius 1 is 1.06 bits per heavy atom. The summed E-state index contributed by atoms with van der Waals surface area (Å²) in [5, 5.41) is 0. The summed E-state index contributed by atoms with van der Waals surface area (Å²) in [5.41, 5.74) is 1.16. The van der Waals surface area contributed by atoms with E-state index in [1.807, 2.05) is 24.3 Å². The fourth-order valence-electron chi connectivity index (χ4n) is 3.67. The molecule has 168 valence electrons. The van der Waals surface area contributed by atoms with Crippen molar-refractivity contribution in [1.82, 2.24) is 9.21 Å². The number of carbonyl (C=O) groups excluding carboxylic acids is 1. The molecule has 7 nitrogen and oxygen atoms in total. The number of hydrogen-bond donors (Lipinski definition) is 0. The first-order chi connectivity index (χ1) is 14.8. The van der Waals surface area contributed by atoms with Crippen LogP contribution in [0.2, 0.25) is 0 Å². The maximum absolute atomic E-state index is 13.2. The van der Waals surface area contributed by atoms with Crippen molar-refractivity contribution in [3.8, 4) is 11.5 Å². The average Bonchev–Trinajstić information content (AvgIpc) is 2.78. The zero-order valence-corrected chi connectivity index (χ0v) is 19.3. The highest BCUT2D eigenvalue weighted by Gasteiger charge is 2.29. The van der Waals surface area contributed by atoms with Crippen LogP contribution in [0.3, 0.4) is 0 Å². The Labute approximate surface area is 184 Å². The van der Waals surface area contributed by atoms with E-state index in [-0.39, 0.29) is 16.4 Å². The number of rotatable bonds is 7. The predicted octanol–water partition coefficient (Wildman–Crippen LogP) is 3.40. The molecule has 0 bridgehead atoms. The SMILES string of the molecule is COc1ccc(CN(C)C(=O)c2cc(S(=O)(=O)N3CCC(C)CC3)ccc2OC)cc1. The summed E-state index contributed by atoms with van der Waals surface area (Å²) in [6.07, 6.45) is 1.68. The van der Waals surface area contributed by atoms with Gasteiger partial charge in [0.15, 0.2) is 0 Å². The molecule has 0 saturated carbocycles. The second-order valence-corrected chi connectivity index (χ2v) is 9.90. The Balaban J connectivity index is 1.84. The van der Waals surface area contributed by atoms with Crippen molar-refractivity contribution in [1.29, 1.82) is 0 Å². The largest absolute Gasteiger partial charge is 0.497 e. The molecule has 8 heteroatoms. The van der Waals surface area contributed by atoms with E-state index in [0.717, 1.165) is 24.2 Å². The van der Waals surface area contributed by atoms with Crippen molar-refractivity contribution in [2.45, 2.75) is 31.2 Å². The Kier molecular flexibility index (Phi) is 7.23. The fraction of sp³-hybridized carbons (Fsp3) is 0.435. The van der Waals surface area contributed by atoms with Crippen LogP contribution in [0, 0.1) is 5.92 Å². The minimum Gasteiger partial charge on any atom is -0.497 e. The van der Waals surface area contributed by atoms with Gasteiger partial charge in [0, 0.05) is 26.7 Å². The predicted molar refractivity (Wildman–Crippen MR) is 119 cm³/mol. The van der Waals surface area contributed by atoms with Crippen molar-refractivity contribution < 1.29 is 22.7 Å². The molecule has 0 unspecified atom stereocenters. The lowest BCUT2D eigenvalue weighted by molar-refractivity contribution is 0.0781. The van der Waals surface area contributed by atoms with Gasteiger partial charge in [0.1, 0.15) is 11.5 Å². The van der Waals surface area contributed by atoms with E-state index >= 15 is 0 Å². The van der Waals surface area contributed by atoms with Crippen LogP contribution in [0.25, 0.3) is 0 Å². The second kappa shape index (κ2) is 9.70. The maximum atomic E-state index is 13.2. The standard InChI is InChI=1S/C23H30N2O5S/c1-17-11-13-25(14-12-17)31(27,28)20-9-10-22(30-4)21(15-20)23(26)24(2)16-18-5-7-19(29-3)8-6-18/h5-10,15,17H,11-14,16H2,1-4H3. The Bertz CT molecular complexity index is 1010. The van der Waals surface area contributed by atoms with Gasteiger partial charge in [-0.05, 0) is 54.7 Å². The number of piperidine rings is 1. The van der Waals surface area contributed by atoms with Gasteiger partial charge in [-0.1, -0.05) is 19.1 Å². The molecule has 1 heterocycles. The van der Waals surface area contributed by atoms with Crippen LogP contribution in [0.4, 0.5) is 0 Å². The van der Waals surface area contributed by atoms with Crippen molar-refractivity contribution >= 4 is 15.9 Å². The number of nitrogens with zero attached hydrogens (tertiary/aromatic N) is 2. The van der Waals surface area contributed by atoms with Crippen LogP contribution in [-0.4, -0.2) is 57.9 Å². The Morgan fingerprint density at radius 2 is 1.71 bits per heavy atom. The molecule has 0 atom stereocenters. The second-order valence-electron chi connectivity index (χ2n) is 7.96. The summed E-state index contributed by atoms with van der Waals surface area (Å²) >= 11 is 0. The number of ether oxygens (including phenoxy) is 2. The van der Waals surface area contributed by atoms with E-state index in [9.17, 15) is 13.2 Å². The maximum Gasteiger partial charge on any atom is 0.257 e. The number of amides is 1. The van der Waals surface area contributed by atoms with Crippen LogP contribution >= 0.6 is 0 Å². The summed E-state index contributed by atoms with van der Waals surface area (Å²) in [7, 11) is 1.08. The van der Waals surface area contributed by atoms with Gasteiger partial charge in [-0.3, -0.25) is 4.79 Å². The lowest BCUT2D eigenvalue weighted by Crippen LogP contribution is -2.38. The highest BCUT2D eigenvalue weighted by molar-refractivity contribution is 7.89. The lowest BCUT2D eigenvalue weighted by Gasteiger charge is -2.29. The van der Waals surface area contributed by atoms with Crippen LogP contribution < -0.4 is 9.47 Å². The molecule has 1 aliphatic heterocycles. The van der Waals surface area contributed by atoms with Gasteiger partial charge in [-0.2, -0.15) is 4.31 Å². The van der Waals surface area contributed by atoms with Crippen molar-refractivity contribution in [2.75, 3.05) is 34.4 Å². The molecule has 1 saturated heterocycles. The molecule has 1 amide bonds. The number of hydrogen-bond acceptors (Lipinski definition) is 5. The molecule has 0 spiro atoms. The number of sulfonamides is 1. The average molecular weight is 447 g/mol. The summed E-state index contributed by atoms with van der Waals surface area (Å²) in [4.78, 5) is 14.8. The summed E-state index contributed by atoms with van der Waals surface area (Å²) in [6, 6.07) is 11.9. The first kappa shape index (κ1) is 23.1. The van der Waals surface area contributed by atoms with E-state index in [0.29, 0.717) is 31.3 Å². The van der Waals surface area contributed by atoms with Crippen molar-refractivity contribution in [3.63, 3.8) is 0 Å². The van der Waals surface area contributed by atoms with Crippen LogP contribution in [0.1, 0.15) is 35.7 Å². The van der Waals surface area contributed by atoms with Crippen molar-refractivity contribution in [2.24, 2.45) is 5.92 Å². The molecule has 3 rings (SSSR count). The Hall–Kier alpha value is -2.58. The normalized spacial score (nSPS) is 15.5. The van der Waals surface area contributed by atoms with E-state index in [1.54, 1.807) is 25.1 Å². The third-order valence-electron chi connectivity index (χ3n) is 5.71. The zero-order chi connectivity index (χ0) is 22.6. The molecular formula is C23H30N2O5S. The molecule has 0 radical (unpaired) electrons. The lowest BCUT2D eigenvalue weighted by atomic mass is 10.0. The summed E-state index contributed by atoms with van der Waals surface area (Å²) in [5.74, 6) is 1.30. The molecule has 31 heavy (non-hydrogen) atoms. The van der Waals surface area contributed by atoms with Gasteiger partial charge in [-0.25, -0.2) is 8.42 Å². The van der Waals surface area contributed by atoms with Crippen LogP contribution in [-0.2, 0) is 16.6 Å². The number of benzene rings is 2. The van der Waals surface area contributed by atoms with Gasteiger partial charge in [-0.15, -0.1) is 0 Å². The smallest absolute Gasteiger partial charge is 0.257 e. The summed E-state index contributed by atoms with van der Waals surface area (Å²) < 4.78 is 38.3. The molecule has 0 aliphatic carbocycles. The van der Waals surface area contributed by atoms with Crippen molar-refractivity contribution in [3.05, 3.63) is 53.6 Å². The fourth-order valence-corrected chi connectivity index (χ4v) is 5.17. The van der Waals surface area contributed by atoms with Gasteiger partial charge in [0.2, 0.25) is 10.0 Å². The third-order valence-corrected chi connectivity index (χ3v) is 7.60. The molecule has 0 N–H and O–H groups in total. The van der Waals surface area contributed by atoms with Gasteiger partial charge >= 0.3 is 0 Å². The highest BCUT2D eigenvalue weighted by atomic mass is 32.2. The third kappa shape index (κ3) is 5.19. The Morgan fingerprint density at radius 3 is 2.29 bits per heavy atom. The van der Waals surface area contributed by atoms with E-state index in [2.05, 4.69) is 6.92 Å². The molecule has 2 aromatic carbocycles. The summed E-state index contributed by atoms with van der Waals surface area (Å²) in [6.45, 7) is 3.49. The van der Waals surface area contributed by atoms with Crippen LogP contribution in [0.15, 0.2) is 47.4 Å². The highest BCUT2D eigenvalue weighted by Crippen LogP contribution is 2.28. The van der Waals surface area contributed by atoms with E-state index in [4.69, 9.17) is 9.47 Å². The quantitative estimate of drug-likeness (QED) is 0.652. The minimum atomic E-state index is -3.67. The van der Waals surface area contributed by atoms with Crippen LogP contribution in [0.5, 0.6) is 11.5 Å². The monoisotopic (exact) mass is 446 g/mol. The first-order valence-corrected chi connectivity index (χ1v) is 11.8.